The van der Waals surface area contributed by atoms with Gasteiger partial charge in [-0.2, -0.15) is 0 Å². The van der Waals surface area contributed by atoms with Gasteiger partial charge in [-0.25, -0.2) is 9.18 Å². The fourth-order valence-corrected chi connectivity index (χ4v) is 2.87. The van der Waals surface area contributed by atoms with E-state index in [4.69, 9.17) is 9.47 Å². The summed E-state index contributed by atoms with van der Waals surface area (Å²) < 4.78 is 23.6. The standard InChI is InChI=1S/C24H22FNO4/c1-2-29-24(28)23(30-16-18-6-4-3-5-7-18)22(27)21-13-10-19(15-26-21)14-17-8-11-20(25)12-9-17/h3-13,15,23H,2,14,16H2,1H3. The van der Waals surface area contributed by atoms with Gasteiger partial charge in [0.2, 0.25) is 11.9 Å². The van der Waals surface area contributed by atoms with Gasteiger partial charge in [0.1, 0.15) is 11.5 Å². The highest BCUT2D eigenvalue weighted by Gasteiger charge is 2.31. The Bertz CT molecular complexity index is 972. The summed E-state index contributed by atoms with van der Waals surface area (Å²) in [7, 11) is 0. The molecule has 1 heterocycles. The SMILES string of the molecule is CCOC(=O)C(OCc1ccccc1)C(=O)c1ccc(Cc2ccc(F)cc2)cn1. The summed E-state index contributed by atoms with van der Waals surface area (Å²) in [5, 5.41) is 0. The summed E-state index contributed by atoms with van der Waals surface area (Å²) in [6, 6.07) is 18.7. The molecule has 30 heavy (non-hydrogen) atoms. The Morgan fingerprint density at radius 1 is 0.933 bits per heavy atom. The maximum Gasteiger partial charge on any atom is 0.343 e. The number of nitrogens with zero attached hydrogens (tertiary/aromatic N) is 1. The third-order valence-electron chi connectivity index (χ3n) is 4.40. The van der Waals surface area contributed by atoms with Crippen LogP contribution in [0.5, 0.6) is 0 Å². The lowest BCUT2D eigenvalue weighted by atomic mass is 10.1. The van der Waals surface area contributed by atoms with Crippen molar-refractivity contribution >= 4 is 11.8 Å². The quantitative estimate of drug-likeness (QED) is 0.303. The van der Waals surface area contributed by atoms with Crippen molar-refractivity contribution in [3.8, 4) is 0 Å². The van der Waals surface area contributed by atoms with Crippen LogP contribution in [0.1, 0.15) is 34.1 Å². The fraction of sp³-hybridized carbons (Fsp3) is 0.208. The predicted octanol–water partition coefficient (Wildman–Crippen LogP) is 4.14. The lowest BCUT2D eigenvalue weighted by Crippen LogP contribution is -2.35. The van der Waals surface area contributed by atoms with E-state index in [0.717, 1.165) is 16.7 Å². The lowest BCUT2D eigenvalue weighted by molar-refractivity contribution is -0.154. The summed E-state index contributed by atoms with van der Waals surface area (Å²) in [6.45, 7) is 1.90. The monoisotopic (exact) mass is 407 g/mol. The van der Waals surface area contributed by atoms with E-state index >= 15 is 0 Å². The van der Waals surface area contributed by atoms with Crippen LogP contribution in [0, 0.1) is 5.82 Å². The third-order valence-corrected chi connectivity index (χ3v) is 4.40. The second-order valence-electron chi connectivity index (χ2n) is 6.65. The molecular weight excluding hydrogens is 385 g/mol. The Hall–Kier alpha value is -3.38. The molecule has 0 fully saturated rings. The van der Waals surface area contributed by atoms with Gasteiger partial charge >= 0.3 is 5.97 Å². The molecule has 154 valence electrons. The molecule has 1 atom stereocenters. The normalized spacial score (nSPS) is 11.7. The van der Waals surface area contributed by atoms with Gasteiger partial charge in [0.15, 0.2) is 0 Å². The lowest BCUT2D eigenvalue weighted by Gasteiger charge is -2.15. The number of hydrogen-bond acceptors (Lipinski definition) is 5. The molecule has 0 radical (unpaired) electrons. The van der Waals surface area contributed by atoms with Crippen LogP contribution in [0.4, 0.5) is 4.39 Å². The maximum absolute atomic E-state index is 13.0. The van der Waals surface area contributed by atoms with Crippen molar-refractivity contribution in [3.05, 3.63) is 101 Å². The zero-order chi connectivity index (χ0) is 21.3. The average molecular weight is 407 g/mol. The van der Waals surface area contributed by atoms with E-state index in [1.807, 2.05) is 30.3 Å². The highest BCUT2D eigenvalue weighted by molar-refractivity contribution is 6.10. The summed E-state index contributed by atoms with van der Waals surface area (Å²) in [5.74, 6) is -1.59. The van der Waals surface area contributed by atoms with Crippen molar-refractivity contribution in [1.82, 2.24) is 4.98 Å². The number of carbonyl (C=O) groups is 2. The van der Waals surface area contributed by atoms with E-state index in [2.05, 4.69) is 4.98 Å². The van der Waals surface area contributed by atoms with Gasteiger partial charge in [-0.05, 0) is 48.2 Å². The number of halogens is 1. The highest BCUT2D eigenvalue weighted by atomic mass is 19.1. The maximum atomic E-state index is 13.0. The number of Topliss-reactive ketones (excluding diaryl/α,β-unsaturated/α-hetero) is 1. The second-order valence-corrected chi connectivity index (χ2v) is 6.65. The van der Waals surface area contributed by atoms with Gasteiger partial charge in [-0.15, -0.1) is 0 Å². The molecule has 0 amide bonds. The molecule has 0 aliphatic carbocycles. The van der Waals surface area contributed by atoms with Crippen molar-refractivity contribution in [2.75, 3.05) is 6.61 Å². The summed E-state index contributed by atoms with van der Waals surface area (Å²) >= 11 is 0. The van der Waals surface area contributed by atoms with E-state index in [9.17, 15) is 14.0 Å². The first-order valence-corrected chi connectivity index (χ1v) is 9.62. The van der Waals surface area contributed by atoms with Gasteiger partial charge in [-0.1, -0.05) is 48.5 Å². The Kier molecular flexibility index (Phi) is 7.40. The summed E-state index contributed by atoms with van der Waals surface area (Å²) in [4.78, 5) is 29.3. The van der Waals surface area contributed by atoms with E-state index < -0.39 is 17.9 Å². The van der Waals surface area contributed by atoms with Gasteiger partial charge in [0, 0.05) is 6.20 Å². The van der Waals surface area contributed by atoms with Crippen LogP contribution in [0.15, 0.2) is 72.9 Å². The highest BCUT2D eigenvalue weighted by Crippen LogP contribution is 2.13. The van der Waals surface area contributed by atoms with Crippen LogP contribution in [-0.2, 0) is 27.3 Å². The number of carbonyl (C=O) groups excluding carboxylic acids is 2. The largest absolute Gasteiger partial charge is 0.464 e. The number of benzene rings is 2. The van der Waals surface area contributed by atoms with Gasteiger partial charge in [0.25, 0.3) is 0 Å². The van der Waals surface area contributed by atoms with Crippen LogP contribution in [0.3, 0.4) is 0 Å². The second kappa shape index (κ2) is 10.4. The number of pyridine rings is 1. The van der Waals surface area contributed by atoms with Gasteiger partial charge in [-0.3, -0.25) is 9.78 Å². The molecule has 3 rings (SSSR count). The molecular formula is C24H22FNO4. The van der Waals surface area contributed by atoms with E-state index in [-0.39, 0.29) is 24.7 Å². The zero-order valence-electron chi connectivity index (χ0n) is 16.6. The molecule has 1 aromatic heterocycles. The van der Waals surface area contributed by atoms with Crippen molar-refractivity contribution in [2.45, 2.75) is 26.1 Å². The molecule has 0 bridgehead atoms. The smallest absolute Gasteiger partial charge is 0.343 e. The van der Waals surface area contributed by atoms with Crippen LogP contribution in [-0.4, -0.2) is 29.4 Å². The first kappa shape index (κ1) is 21.3. The molecule has 0 spiro atoms. The molecule has 2 aromatic carbocycles. The third kappa shape index (κ3) is 5.81. The van der Waals surface area contributed by atoms with E-state index in [1.165, 1.54) is 12.1 Å². The number of hydrogen-bond donors (Lipinski definition) is 0. The molecule has 3 aromatic rings. The van der Waals surface area contributed by atoms with E-state index in [0.29, 0.717) is 6.42 Å². The first-order chi connectivity index (χ1) is 14.6. The number of ether oxygens (including phenoxy) is 2. The molecule has 0 saturated heterocycles. The van der Waals surface area contributed by atoms with Crippen molar-refractivity contribution in [1.29, 1.82) is 0 Å². The molecule has 0 aliphatic heterocycles. The first-order valence-electron chi connectivity index (χ1n) is 9.62. The molecule has 0 saturated carbocycles. The number of esters is 1. The van der Waals surface area contributed by atoms with Crippen LogP contribution in [0.2, 0.25) is 0 Å². The number of ketones is 1. The van der Waals surface area contributed by atoms with Crippen LogP contribution < -0.4 is 0 Å². The fourth-order valence-electron chi connectivity index (χ4n) is 2.87. The Labute approximate surface area is 174 Å². The number of rotatable bonds is 9. The number of aromatic nitrogens is 1. The van der Waals surface area contributed by atoms with Crippen molar-refractivity contribution in [2.24, 2.45) is 0 Å². The van der Waals surface area contributed by atoms with E-state index in [1.54, 1.807) is 37.4 Å². The minimum absolute atomic E-state index is 0.0959. The Balaban J connectivity index is 1.71. The van der Waals surface area contributed by atoms with Gasteiger partial charge in [0.05, 0.1) is 13.2 Å². The summed E-state index contributed by atoms with van der Waals surface area (Å²) in [6.07, 6.45) is 0.726. The minimum atomic E-state index is -1.39. The average Bonchev–Trinajstić information content (AvgIpc) is 2.77. The van der Waals surface area contributed by atoms with Crippen LogP contribution >= 0.6 is 0 Å². The van der Waals surface area contributed by atoms with Crippen molar-refractivity contribution in [3.63, 3.8) is 0 Å². The minimum Gasteiger partial charge on any atom is -0.464 e. The Morgan fingerprint density at radius 3 is 2.27 bits per heavy atom. The zero-order valence-corrected chi connectivity index (χ0v) is 16.6. The van der Waals surface area contributed by atoms with Crippen molar-refractivity contribution < 1.29 is 23.5 Å². The Morgan fingerprint density at radius 2 is 1.63 bits per heavy atom. The van der Waals surface area contributed by atoms with Crippen LogP contribution in [0.25, 0.3) is 0 Å². The molecule has 1 unspecified atom stereocenters. The molecule has 5 nitrogen and oxygen atoms in total. The molecule has 6 heteroatoms. The molecule has 0 N–H and O–H groups in total. The molecule has 0 aliphatic rings. The predicted molar refractivity (Wildman–Crippen MR) is 109 cm³/mol. The summed E-state index contributed by atoms with van der Waals surface area (Å²) in [5.41, 5.74) is 2.73. The van der Waals surface area contributed by atoms with Gasteiger partial charge < -0.3 is 9.47 Å². The topological polar surface area (TPSA) is 65.5 Å².